The van der Waals surface area contributed by atoms with Gasteiger partial charge in [0.25, 0.3) is 0 Å². The molecule has 0 rings (SSSR count). The van der Waals surface area contributed by atoms with Gasteiger partial charge >= 0.3 is 11.9 Å². The van der Waals surface area contributed by atoms with Crippen LogP contribution in [-0.4, -0.2) is 41.6 Å². The lowest BCUT2D eigenvalue weighted by atomic mass is 9.93. The second-order valence-corrected chi connectivity index (χ2v) is 4.02. The summed E-state index contributed by atoms with van der Waals surface area (Å²) >= 11 is 0. The molecule has 0 bridgehead atoms. The number of carboxylic acids is 1. The predicted molar refractivity (Wildman–Crippen MR) is 67.7 cm³/mol. The van der Waals surface area contributed by atoms with Crippen LogP contribution in [0.4, 0.5) is 0 Å². The van der Waals surface area contributed by atoms with Gasteiger partial charge in [-0.1, -0.05) is 20.4 Å². The van der Waals surface area contributed by atoms with Crippen molar-refractivity contribution in [2.45, 2.75) is 38.7 Å². The Kier molecular flexibility index (Phi) is 7.67. The second kappa shape index (κ2) is 8.42. The first-order valence-electron chi connectivity index (χ1n) is 6.10. The van der Waals surface area contributed by atoms with Gasteiger partial charge in [0.05, 0.1) is 6.61 Å². The molecular weight excluding hydrogens is 252 g/mol. The minimum atomic E-state index is -1.56. The Labute approximate surface area is 112 Å². The van der Waals surface area contributed by atoms with Gasteiger partial charge in [-0.3, -0.25) is 9.59 Å². The molecule has 0 aliphatic carbocycles. The van der Waals surface area contributed by atoms with Crippen LogP contribution in [0.15, 0.2) is 12.7 Å². The molecule has 108 valence electrons. The second-order valence-electron chi connectivity index (χ2n) is 4.02. The number of aliphatic carboxylic acids is 1. The number of ether oxygens (including phenoxy) is 2. The van der Waals surface area contributed by atoms with Gasteiger partial charge in [0.1, 0.15) is 6.42 Å². The maximum atomic E-state index is 12.0. The molecule has 1 atom stereocenters. The molecule has 6 heteroatoms. The largest absolute Gasteiger partial charge is 0.481 e. The Hall–Kier alpha value is -1.69. The van der Waals surface area contributed by atoms with Crippen LogP contribution in [0.3, 0.4) is 0 Å². The quantitative estimate of drug-likeness (QED) is 0.279. The molecule has 19 heavy (non-hydrogen) atoms. The zero-order valence-corrected chi connectivity index (χ0v) is 11.3. The molecule has 0 aromatic heterocycles. The number of hydrogen-bond acceptors (Lipinski definition) is 5. The molecule has 0 saturated heterocycles. The molecule has 0 aliphatic rings. The van der Waals surface area contributed by atoms with Gasteiger partial charge in [-0.25, -0.2) is 4.79 Å². The molecule has 0 radical (unpaired) electrons. The number of hydrogen-bond donors (Lipinski definition) is 1. The topological polar surface area (TPSA) is 89.9 Å². The van der Waals surface area contributed by atoms with Gasteiger partial charge < -0.3 is 14.6 Å². The molecule has 0 aromatic rings. The van der Waals surface area contributed by atoms with E-state index in [-0.39, 0.29) is 13.0 Å². The van der Waals surface area contributed by atoms with E-state index >= 15 is 0 Å². The summed E-state index contributed by atoms with van der Waals surface area (Å²) in [7, 11) is 0. The Bertz CT molecular complexity index is 349. The fourth-order valence-electron chi connectivity index (χ4n) is 1.45. The molecule has 0 amide bonds. The molecule has 0 aromatic carbocycles. The highest BCUT2D eigenvalue weighted by molar-refractivity contribution is 6.01. The van der Waals surface area contributed by atoms with E-state index in [4.69, 9.17) is 14.6 Å². The van der Waals surface area contributed by atoms with Crippen LogP contribution >= 0.6 is 0 Å². The van der Waals surface area contributed by atoms with Crippen molar-refractivity contribution in [2.24, 2.45) is 0 Å². The van der Waals surface area contributed by atoms with Crippen LogP contribution in [-0.2, 0) is 23.9 Å². The summed E-state index contributed by atoms with van der Waals surface area (Å²) < 4.78 is 10.3. The van der Waals surface area contributed by atoms with Gasteiger partial charge in [0.2, 0.25) is 0 Å². The van der Waals surface area contributed by atoms with Crippen LogP contribution in [0.5, 0.6) is 0 Å². The van der Waals surface area contributed by atoms with E-state index in [2.05, 4.69) is 6.58 Å². The fourth-order valence-corrected chi connectivity index (χ4v) is 1.45. The smallest absolute Gasteiger partial charge is 0.331 e. The molecule has 0 spiro atoms. The van der Waals surface area contributed by atoms with Crippen LogP contribution in [0.2, 0.25) is 0 Å². The van der Waals surface area contributed by atoms with Crippen molar-refractivity contribution in [3.63, 3.8) is 0 Å². The van der Waals surface area contributed by atoms with Crippen LogP contribution in [0.1, 0.15) is 33.1 Å². The van der Waals surface area contributed by atoms with E-state index in [1.54, 1.807) is 6.92 Å². The molecule has 6 nitrogen and oxygen atoms in total. The van der Waals surface area contributed by atoms with Crippen molar-refractivity contribution in [1.29, 1.82) is 0 Å². The Morgan fingerprint density at radius 2 is 1.95 bits per heavy atom. The van der Waals surface area contributed by atoms with Crippen molar-refractivity contribution in [3.8, 4) is 0 Å². The summed E-state index contributed by atoms with van der Waals surface area (Å²) in [4.78, 5) is 33.9. The Balaban J connectivity index is 5.02. The van der Waals surface area contributed by atoms with E-state index in [9.17, 15) is 14.4 Å². The Morgan fingerprint density at radius 3 is 2.37 bits per heavy atom. The van der Waals surface area contributed by atoms with Gasteiger partial charge in [-0.15, -0.1) is 0 Å². The number of ketones is 1. The number of carbonyl (C=O) groups excluding carboxylic acids is 2. The lowest BCUT2D eigenvalue weighted by molar-refractivity contribution is -0.172. The molecular formula is C13H20O6. The van der Waals surface area contributed by atoms with E-state index in [0.29, 0.717) is 6.61 Å². The third-order valence-electron chi connectivity index (χ3n) is 2.54. The first-order valence-corrected chi connectivity index (χ1v) is 6.10. The third-order valence-corrected chi connectivity index (χ3v) is 2.54. The molecule has 0 fully saturated rings. The minimum absolute atomic E-state index is 0.141. The molecule has 0 saturated carbocycles. The van der Waals surface area contributed by atoms with Gasteiger partial charge in [-0.05, 0) is 12.8 Å². The zero-order chi connectivity index (χ0) is 14.9. The number of carboxylic acid groups (broad SMARTS) is 1. The van der Waals surface area contributed by atoms with Crippen molar-refractivity contribution in [2.75, 3.05) is 13.2 Å². The van der Waals surface area contributed by atoms with Crippen molar-refractivity contribution < 1.29 is 29.0 Å². The van der Waals surface area contributed by atoms with Crippen molar-refractivity contribution >= 4 is 17.7 Å². The number of rotatable bonds is 10. The summed E-state index contributed by atoms with van der Waals surface area (Å²) in [6.45, 7) is 7.02. The van der Waals surface area contributed by atoms with Crippen LogP contribution in [0.25, 0.3) is 0 Å². The monoisotopic (exact) mass is 272 g/mol. The average molecular weight is 272 g/mol. The molecule has 1 unspecified atom stereocenters. The molecule has 1 N–H and O–H groups in total. The zero-order valence-electron chi connectivity index (χ0n) is 11.3. The number of Topliss-reactive ketones (excluding diaryl/α,β-unsaturated/α-hetero) is 1. The number of carbonyl (C=O) groups is 3. The maximum Gasteiger partial charge on any atom is 0.331 e. The van der Waals surface area contributed by atoms with Gasteiger partial charge in [0, 0.05) is 12.7 Å². The first-order chi connectivity index (χ1) is 8.91. The lowest BCUT2D eigenvalue weighted by Gasteiger charge is -2.30. The van der Waals surface area contributed by atoms with Crippen molar-refractivity contribution in [1.82, 2.24) is 0 Å². The minimum Gasteiger partial charge on any atom is -0.481 e. The predicted octanol–water partition coefficient (Wildman–Crippen LogP) is 1.33. The first kappa shape index (κ1) is 17.3. The number of esters is 1. The summed E-state index contributed by atoms with van der Waals surface area (Å²) in [5.41, 5.74) is -1.56. The van der Waals surface area contributed by atoms with E-state index in [1.165, 1.54) is 0 Å². The summed E-state index contributed by atoms with van der Waals surface area (Å²) in [5, 5.41) is 8.68. The fraction of sp³-hybridized carbons (Fsp3) is 0.615. The van der Waals surface area contributed by atoms with E-state index in [0.717, 1.165) is 12.5 Å². The SMILES string of the molecule is C=CC(=O)OC(CC)(COCCC)C(=O)CC(=O)O. The lowest BCUT2D eigenvalue weighted by Crippen LogP contribution is -2.47. The highest BCUT2D eigenvalue weighted by atomic mass is 16.6. The van der Waals surface area contributed by atoms with E-state index < -0.39 is 29.7 Å². The Morgan fingerprint density at radius 1 is 1.32 bits per heavy atom. The highest BCUT2D eigenvalue weighted by Gasteiger charge is 2.41. The third kappa shape index (κ3) is 5.65. The maximum absolute atomic E-state index is 12.0. The van der Waals surface area contributed by atoms with Gasteiger partial charge in [-0.2, -0.15) is 0 Å². The summed E-state index contributed by atoms with van der Waals surface area (Å²) in [6.07, 6.45) is 1.09. The molecule has 0 aliphatic heterocycles. The molecule has 0 heterocycles. The van der Waals surface area contributed by atoms with E-state index in [1.807, 2.05) is 6.92 Å². The van der Waals surface area contributed by atoms with Crippen LogP contribution in [0, 0.1) is 0 Å². The standard InChI is InChI=1S/C13H20O6/c1-4-7-18-9-13(6-3,19-12(17)5-2)10(14)8-11(15)16/h5H,2,4,6-9H2,1,3H3,(H,15,16). The highest BCUT2D eigenvalue weighted by Crippen LogP contribution is 2.21. The summed E-state index contributed by atoms with van der Waals surface area (Å²) in [6, 6.07) is 0. The van der Waals surface area contributed by atoms with Crippen molar-refractivity contribution in [3.05, 3.63) is 12.7 Å². The normalized spacial score (nSPS) is 13.4. The average Bonchev–Trinajstić information content (AvgIpc) is 2.36. The van der Waals surface area contributed by atoms with Crippen LogP contribution < -0.4 is 0 Å². The summed E-state index contributed by atoms with van der Waals surface area (Å²) in [5.74, 6) is -2.73. The van der Waals surface area contributed by atoms with Gasteiger partial charge in [0.15, 0.2) is 11.4 Å².